The van der Waals surface area contributed by atoms with E-state index in [1.165, 1.54) is 200 Å². The number of benzene rings is 16. The van der Waals surface area contributed by atoms with Crippen LogP contribution in [-0.2, 0) is 21.7 Å². The smallest absolute Gasteiger partial charge is 0.0619 e. The lowest BCUT2D eigenvalue weighted by atomic mass is 9.69. The van der Waals surface area contributed by atoms with Gasteiger partial charge in [0.2, 0.25) is 0 Å². The van der Waals surface area contributed by atoms with Crippen molar-refractivity contribution < 1.29 is 0 Å². The van der Waals surface area contributed by atoms with Crippen LogP contribution >= 0.6 is 0 Å². The summed E-state index contributed by atoms with van der Waals surface area (Å²) in [5.74, 6) is 0. The minimum atomic E-state index is -0.190. The van der Waals surface area contributed by atoms with E-state index in [0.717, 1.165) is 0 Å². The van der Waals surface area contributed by atoms with E-state index in [-0.39, 0.29) is 21.7 Å². The third-order valence-electron chi connectivity index (χ3n) is 24.8. The summed E-state index contributed by atoms with van der Waals surface area (Å²) in [6, 6.07) is 135. The van der Waals surface area contributed by atoms with Crippen LogP contribution in [0.3, 0.4) is 0 Å². The topological polar surface area (TPSA) is 0 Å². The number of hydrogen-bond donors (Lipinski definition) is 0. The van der Waals surface area contributed by atoms with Gasteiger partial charge < -0.3 is 0 Å². The summed E-state index contributed by atoms with van der Waals surface area (Å²) in [7, 11) is 0. The molecule has 8 aliphatic carbocycles. The first kappa shape index (κ1) is 60.3. The second-order valence-electron chi connectivity index (χ2n) is 29.6. The first-order valence-electron chi connectivity index (χ1n) is 36.9. The van der Waals surface area contributed by atoms with E-state index in [2.05, 4.69) is 392 Å². The maximum atomic E-state index is 2.40. The van der Waals surface area contributed by atoms with Crippen LogP contribution in [0.25, 0.3) is 89.0 Å². The Hall–Kier alpha value is -12.5. The van der Waals surface area contributed by atoms with Crippen molar-refractivity contribution >= 4 is 0 Å². The molecule has 488 valence electrons. The maximum absolute atomic E-state index is 2.40. The molecule has 0 atom stereocenters. The molecule has 0 saturated heterocycles. The Bertz CT molecular complexity index is 5990. The number of aryl methyl sites for hydroxylation is 4. The lowest BCUT2D eigenvalue weighted by Crippen LogP contribution is -2.26. The fraction of sp³-hybridized carbons (Fsp3) is 0.0769. The molecule has 0 fully saturated rings. The van der Waals surface area contributed by atoms with E-state index in [1.54, 1.807) is 0 Å². The zero-order valence-corrected chi connectivity index (χ0v) is 58.6. The Morgan fingerprint density at radius 2 is 0.375 bits per heavy atom. The molecule has 24 rings (SSSR count). The van der Waals surface area contributed by atoms with Gasteiger partial charge in [0.05, 0.1) is 21.7 Å². The lowest BCUT2D eigenvalue weighted by molar-refractivity contribution is 0.786. The number of hydrogen-bond acceptors (Lipinski definition) is 0. The van der Waals surface area contributed by atoms with Gasteiger partial charge in [-0.3, -0.25) is 0 Å². The van der Waals surface area contributed by atoms with E-state index < -0.39 is 0 Å². The van der Waals surface area contributed by atoms with Crippen molar-refractivity contribution in [2.45, 2.75) is 49.4 Å². The van der Waals surface area contributed by atoms with Gasteiger partial charge in [-0.15, -0.1) is 0 Å². The molecule has 0 unspecified atom stereocenters. The normalized spacial score (nSPS) is 14.7. The fourth-order valence-electron chi connectivity index (χ4n) is 21.1. The highest BCUT2D eigenvalue weighted by Crippen LogP contribution is 2.68. The van der Waals surface area contributed by atoms with Crippen LogP contribution in [0.15, 0.2) is 364 Å². The average molecular weight is 1320 g/mol. The highest BCUT2D eigenvalue weighted by Gasteiger charge is 2.56. The van der Waals surface area contributed by atoms with Gasteiger partial charge in [0, 0.05) is 0 Å². The summed E-state index contributed by atoms with van der Waals surface area (Å²) in [6.45, 7) is 8.88. The Kier molecular flexibility index (Phi) is 13.1. The predicted octanol–water partition coefficient (Wildman–Crippen LogP) is 25.4. The zero-order chi connectivity index (χ0) is 69.2. The van der Waals surface area contributed by atoms with Crippen LogP contribution in [0.1, 0.15) is 111 Å². The van der Waals surface area contributed by atoms with Crippen LogP contribution in [0.4, 0.5) is 0 Å². The summed E-state index contributed by atoms with van der Waals surface area (Å²) in [4.78, 5) is 0. The van der Waals surface area contributed by atoms with E-state index in [9.17, 15) is 0 Å². The highest BCUT2D eigenvalue weighted by molar-refractivity contribution is 6.00. The fourth-order valence-corrected chi connectivity index (χ4v) is 21.1. The first-order chi connectivity index (χ1) is 51.3. The largest absolute Gasteiger partial charge is 0.0728 e. The molecule has 0 radical (unpaired) electrons. The van der Waals surface area contributed by atoms with Crippen molar-refractivity contribution in [2.75, 3.05) is 0 Å². The van der Waals surface area contributed by atoms with Gasteiger partial charge in [-0.1, -0.05) is 375 Å². The van der Waals surface area contributed by atoms with Gasteiger partial charge in [-0.25, -0.2) is 0 Å². The zero-order valence-electron chi connectivity index (χ0n) is 58.6. The second kappa shape index (κ2) is 22.5. The molecule has 0 N–H and O–H groups in total. The minimum Gasteiger partial charge on any atom is -0.0619 e. The molecule has 16 aromatic carbocycles. The van der Waals surface area contributed by atoms with E-state index in [0.29, 0.717) is 0 Å². The third-order valence-corrected chi connectivity index (χ3v) is 24.8. The Morgan fingerprint density at radius 3 is 0.760 bits per heavy atom. The molecule has 0 aromatic heterocycles. The van der Waals surface area contributed by atoms with Crippen LogP contribution in [0, 0.1) is 27.7 Å². The van der Waals surface area contributed by atoms with Crippen LogP contribution in [0.5, 0.6) is 0 Å². The molecule has 8 aliphatic rings. The third kappa shape index (κ3) is 7.72. The number of fused-ring (bicyclic) bond motifs is 40. The first-order valence-corrected chi connectivity index (χ1v) is 36.9. The SMILES string of the molecule is Cc1ccc2c(c1)-c1ccccc1C21c2ccccc2-c2ccccc21.Cc1ccc2c(c1)C1(c3ccccc3-c3ccccc31)c1ccccc1-2.Cc1cccc2c1-c1ccccc1C21c2ccccc2-c2ccccc21.Cc1cccc2c1C1(c3ccccc3-c3ccccc31)c1ccccc1-2. The number of rotatable bonds is 0. The van der Waals surface area contributed by atoms with Gasteiger partial charge in [-0.05, 0) is 217 Å². The molecule has 0 saturated carbocycles. The maximum Gasteiger partial charge on any atom is 0.0728 e. The molecule has 0 amide bonds. The van der Waals surface area contributed by atoms with Gasteiger partial charge in [-0.2, -0.15) is 0 Å². The van der Waals surface area contributed by atoms with Crippen LogP contribution in [0.2, 0.25) is 0 Å². The molecule has 4 spiro atoms. The minimum absolute atomic E-state index is 0.188. The molecule has 0 heteroatoms. The summed E-state index contributed by atoms with van der Waals surface area (Å²) >= 11 is 0. The summed E-state index contributed by atoms with van der Waals surface area (Å²) in [6.07, 6.45) is 0. The molecule has 0 heterocycles. The quantitative estimate of drug-likeness (QED) is 0.142. The van der Waals surface area contributed by atoms with Crippen molar-refractivity contribution in [3.8, 4) is 89.0 Å². The molecule has 0 bridgehead atoms. The molecule has 104 heavy (non-hydrogen) atoms. The van der Waals surface area contributed by atoms with Crippen molar-refractivity contribution in [3.63, 3.8) is 0 Å². The van der Waals surface area contributed by atoms with E-state index >= 15 is 0 Å². The Labute approximate surface area is 609 Å². The van der Waals surface area contributed by atoms with Crippen LogP contribution in [-0.4, -0.2) is 0 Å². The van der Waals surface area contributed by atoms with E-state index in [4.69, 9.17) is 0 Å². The van der Waals surface area contributed by atoms with Gasteiger partial charge in [0.15, 0.2) is 0 Å². The van der Waals surface area contributed by atoms with Gasteiger partial charge in [0.25, 0.3) is 0 Å². The lowest BCUT2D eigenvalue weighted by Gasteiger charge is -2.31. The average Bonchev–Trinajstić information content (AvgIpc) is 1.54. The molecular formula is C104H72. The second-order valence-corrected chi connectivity index (χ2v) is 29.6. The standard InChI is InChI=1S/4C26H18/c1-17-9-8-13-21-20-12-4-7-16-24(20)26(25(17)21)22-14-5-2-10-18(22)19-11-3-6-15-23(19)26;1-17-9-8-16-24-25(17)20-12-4-7-15-23(20)26(24)21-13-5-2-10-18(21)19-11-3-6-14-22(19)26;1-17-14-15-25-21(16-17)20-10-4-7-13-24(20)26(25)22-11-5-2-8-18(22)19-9-3-6-12-23(19)26;1-17-14-15-21-20-10-4-7-13-24(20)26(25(21)16-17)22-11-5-2-8-18(22)19-9-3-6-12-23(19)26/h4*2-16H,1H3. The Balaban J connectivity index is 0.0000000896. The molecule has 0 nitrogen and oxygen atoms in total. The summed E-state index contributed by atoms with van der Waals surface area (Å²) in [5, 5.41) is 0. The van der Waals surface area contributed by atoms with E-state index in [1.807, 2.05) is 0 Å². The molecular weight excluding hydrogens is 1250 g/mol. The molecule has 0 aliphatic heterocycles. The molecule has 16 aromatic rings. The highest BCUT2D eigenvalue weighted by atomic mass is 14.6. The summed E-state index contributed by atoms with van der Waals surface area (Å²) in [5.41, 5.74) is 49.3. The Morgan fingerprint density at radius 1 is 0.144 bits per heavy atom. The van der Waals surface area contributed by atoms with Crippen molar-refractivity contribution in [1.29, 1.82) is 0 Å². The van der Waals surface area contributed by atoms with Crippen molar-refractivity contribution in [3.05, 3.63) is 475 Å². The monoisotopic (exact) mass is 1320 g/mol. The predicted molar refractivity (Wildman–Crippen MR) is 430 cm³/mol. The van der Waals surface area contributed by atoms with Gasteiger partial charge in [0.1, 0.15) is 0 Å². The summed E-state index contributed by atoms with van der Waals surface area (Å²) < 4.78 is 0. The van der Waals surface area contributed by atoms with Crippen LogP contribution < -0.4 is 0 Å². The van der Waals surface area contributed by atoms with Gasteiger partial charge >= 0.3 is 0 Å². The van der Waals surface area contributed by atoms with Crippen molar-refractivity contribution in [2.24, 2.45) is 0 Å². The van der Waals surface area contributed by atoms with Crippen molar-refractivity contribution in [1.82, 2.24) is 0 Å².